The molecule has 3 aromatic rings. The van der Waals surface area contributed by atoms with E-state index in [9.17, 15) is 14.9 Å². The summed E-state index contributed by atoms with van der Waals surface area (Å²) in [5.41, 5.74) is 0.920. The molecule has 0 fully saturated rings. The molecular weight excluding hydrogens is 336 g/mol. The normalized spacial score (nSPS) is 16.0. The molecule has 0 radical (unpaired) electrons. The van der Waals surface area contributed by atoms with E-state index in [-0.39, 0.29) is 17.6 Å². The Hall–Kier alpha value is -3.48. The molecule has 0 saturated carbocycles. The van der Waals surface area contributed by atoms with Gasteiger partial charge in [-0.15, -0.1) is 0 Å². The summed E-state index contributed by atoms with van der Waals surface area (Å²) in [6, 6.07) is 9.93. The fraction of sp³-hybridized carbons (Fsp3) is 0.158. The molecule has 0 amide bonds. The quantitative estimate of drug-likeness (QED) is 0.302. The van der Waals surface area contributed by atoms with Crippen molar-refractivity contribution in [1.82, 2.24) is 4.98 Å². The third-order valence-electron chi connectivity index (χ3n) is 4.39. The van der Waals surface area contributed by atoms with Crippen LogP contribution in [0, 0.1) is 10.1 Å². The van der Waals surface area contributed by atoms with E-state index in [0.717, 1.165) is 5.56 Å². The lowest BCUT2D eigenvalue weighted by Gasteiger charge is -2.22. The number of carbonyl (C=O) groups excluding carboxylic acids is 1. The highest BCUT2D eigenvalue weighted by Gasteiger charge is 2.24. The molecule has 2 aromatic carbocycles. The van der Waals surface area contributed by atoms with Crippen LogP contribution in [0.1, 0.15) is 24.8 Å². The number of nitro benzene ring substituents is 1. The first kappa shape index (κ1) is 16.0. The van der Waals surface area contributed by atoms with Crippen molar-refractivity contribution in [2.24, 2.45) is 0 Å². The Balaban J connectivity index is 1.75. The second-order valence-corrected chi connectivity index (χ2v) is 6.14. The number of esters is 1. The number of carbonyl (C=O) groups is 1. The second kappa shape index (κ2) is 6.11. The molecule has 0 bridgehead atoms. The third kappa shape index (κ3) is 2.73. The van der Waals surface area contributed by atoms with Crippen molar-refractivity contribution in [2.45, 2.75) is 19.3 Å². The first-order valence-corrected chi connectivity index (χ1v) is 8.06. The molecule has 1 atom stereocenters. The molecule has 1 aromatic heterocycles. The zero-order valence-corrected chi connectivity index (χ0v) is 13.8. The van der Waals surface area contributed by atoms with Gasteiger partial charge in [-0.05, 0) is 29.7 Å². The number of ether oxygens (including phenoxy) is 2. The zero-order chi connectivity index (χ0) is 18.3. The summed E-state index contributed by atoms with van der Waals surface area (Å²) in [5, 5.41) is 12.2. The summed E-state index contributed by atoms with van der Waals surface area (Å²) in [7, 11) is 0. The number of nitro groups is 1. The van der Waals surface area contributed by atoms with E-state index in [0.29, 0.717) is 34.4 Å². The number of hydrogen-bond acceptors (Lipinski definition) is 6. The van der Waals surface area contributed by atoms with Gasteiger partial charge in [0.15, 0.2) is 0 Å². The molecule has 26 heavy (non-hydrogen) atoms. The van der Waals surface area contributed by atoms with E-state index in [1.165, 1.54) is 12.3 Å². The van der Waals surface area contributed by atoms with Crippen molar-refractivity contribution in [2.75, 3.05) is 0 Å². The smallest absolute Gasteiger partial charge is 0.311 e. The standard InChI is InChI=1S/C19H14N2O5/c1-11-8-19(22)26-18-9-12(2-3-13(11)18)25-17-5-4-16(21(23)24)15-10-20-7-6-14(15)17/h2-7,9-11H,8H2,1H3. The van der Waals surface area contributed by atoms with Gasteiger partial charge in [0.05, 0.1) is 16.7 Å². The number of non-ortho nitro benzene ring substituents is 1. The van der Waals surface area contributed by atoms with E-state index in [2.05, 4.69) is 4.98 Å². The molecule has 4 rings (SSSR count). The minimum absolute atomic E-state index is 0.0337. The van der Waals surface area contributed by atoms with Crippen LogP contribution in [0.5, 0.6) is 17.2 Å². The van der Waals surface area contributed by atoms with Crippen LogP contribution in [0.2, 0.25) is 0 Å². The number of aromatic nitrogens is 1. The summed E-state index contributed by atoms with van der Waals surface area (Å²) < 4.78 is 11.2. The van der Waals surface area contributed by atoms with Gasteiger partial charge in [-0.3, -0.25) is 19.9 Å². The summed E-state index contributed by atoms with van der Waals surface area (Å²) in [6.07, 6.45) is 3.35. The van der Waals surface area contributed by atoms with Crippen molar-refractivity contribution in [3.8, 4) is 17.2 Å². The average Bonchev–Trinajstić information content (AvgIpc) is 2.61. The highest BCUT2D eigenvalue weighted by molar-refractivity contribution is 5.94. The number of pyridine rings is 1. The Morgan fingerprint density at radius 1 is 1.23 bits per heavy atom. The number of fused-ring (bicyclic) bond motifs is 2. The fourth-order valence-corrected chi connectivity index (χ4v) is 3.12. The van der Waals surface area contributed by atoms with Crippen LogP contribution in [0.4, 0.5) is 5.69 Å². The van der Waals surface area contributed by atoms with Crippen molar-refractivity contribution in [3.63, 3.8) is 0 Å². The second-order valence-electron chi connectivity index (χ2n) is 6.14. The molecule has 0 saturated heterocycles. The summed E-state index contributed by atoms with van der Waals surface area (Å²) in [6.45, 7) is 1.97. The van der Waals surface area contributed by atoms with Gasteiger partial charge in [-0.1, -0.05) is 13.0 Å². The highest BCUT2D eigenvalue weighted by Crippen LogP contribution is 2.39. The van der Waals surface area contributed by atoms with Crippen LogP contribution >= 0.6 is 0 Å². The monoisotopic (exact) mass is 350 g/mol. The van der Waals surface area contributed by atoms with Crippen LogP contribution in [-0.4, -0.2) is 15.9 Å². The summed E-state index contributed by atoms with van der Waals surface area (Å²) in [4.78, 5) is 26.4. The number of benzene rings is 2. The Kier molecular flexibility index (Phi) is 3.76. The Labute approximate surface area is 148 Å². The Morgan fingerprint density at radius 3 is 2.88 bits per heavy atom. The van der Waals surface area contributed by atoms with Crippen LogP contribution in [0.15, 0.2) is 48.8 Å². The topological polar surface area (TPSA) is 91.6 Å². The molecule has 0 N–H and O–H groups in total. The van der Waals surface area contributed by atoms with Gasteiger partial charge in [0.25, 0.3) is 5.69 Å². The number of hydrogen-bond donors (Lipinski definition) is 0. The van der Waals surface area contributed by atoms with E-state index in [1.807, 2.05) is 13.0 Å². The van der Waals surface area contributed by atoms with Gasteiger partial charge >= 0.3 is 5.97 Å². The predicted octanol–water partition coefficient (Wildman–Crippen LogP) is 4.35. The van der Waals surface area contributed by atoms with Gasteiger partial charge in [0.1, 0.15) is 17.2 Å². The van der Waals surface area contributed by atoms with Crippen LogP contribution < -0.4 is 9.47 Å². The van der Waals surface area contributed by atoms with Gasteiger partial charge in [0, 0.05) is 29.9 Å². The predicted molar refractivity (Wildman–Crippen MR) is 93.6 cm³/mol. The van der Waals surface area contributed by atoms with E-state index in [1.54, 1.807) is 30.5 Å². The molecule has 2 heterocycles. The molecule has 0 aliphatic carbocycles. The molecule has 1 unspecified atom stereocenters. The van der Waals surface area contributed by atoms with Crippen molar-refractivity contribution >= 4 is 22.4 Å². The molecule has 7 nitrogen and oxygen atoms in total. The van der Waals surface area contributed by atoms with Gasteiger partial charge in [-0.25, -0.2) is 0 Å². The molecule has 130 valence electrons. The van der Waals surface area contributed by atoms with Crippen molar-refractivity contribution < 1.29 is 19.2 Å². The largest absolute Gasteiger partial charge is 0.457 e. The van der Waals surface area contributed by atoms with Crippen molar-refractivity contribution in [1.29, 1.82) is 0 Å². The SMILES string of the molecule is CC1CC(=O)Oc2cc(Oc3ccc([N+](=O)[O-])c4cnccc34)ccc21. The zero-order valence-electron chi connectivity index (χ0n) is 13.8. The van der Waals surface area contributed by atoms with Gasteiger partial charge in [-0.2, -0.15) is 0 Å². The molecule has 7 heteroatoms. The van der Waals surface area contributed by atoms with Crippen molar-refractivity contribution in [3.05, 3.63) is 64.5 Å². The summed E-state index contributed by atoms with van der Waals surface area (Å²) >= 11 is 0. The number of nitrogens with zero attached hydrogens (tertiary/aromatic N) is 2. The molecular formula is C19H14N2O5. The van der Waals surface area contributed by atoms with Crippen LogP contribution in [0.25, 0.3) is 10.8 Å². The van der Waals surface area contributed by atoms with E-state index in [4.69, 9.17) is 9.47 Å². The molecule has 1 aliphatic rings. The Morgan fingerprint density at radius 2 is 2.08 bits per heavy atom. The van der Waals surface area contributed by atoms with Crippen LogP contribution in [0.3, 0.4) is 0 Å². The lowest BCUT2D eigenvalue weighted by atomic mass is 9.95. The average molecular weight is 350 g/mol. The van der Waals surface area contributed by atoms with Crippen LogP contribution in [-0.2, 0) is 4.79 Å². The van der Waals surface area contributed by atoms with Gasteiger partial charge < -0.3 is 9.47 Å². The maximum atomic E-state index is 11.6. The Bertz CT molecular complexity index is 1050. The fourth-order valence-electron chi connectivity index (χ4n) is 3.12. The lowest BCUT2D eigenvalue weighted by molar-refractivity contribution is -0.383. The molecule has 0 spiro atoms. The maximum Gasteiger partial charge on any atom is 0.311 e. The van der Waals surface area contributed by atoms with E-state index < -0.39 is 4.92 Å². The maximum absolute atomic E-state index is 11.6. The van der Waals surface area contributed by atoms with Gasteiger partial charge in [0.2, 0.25) is 0 Å². The minimum Gasteiger partial charge on any atom is -0.457 e. The van der Waals surface area contributed by atoms with E-state index >= 15 is 0 Å². The lowest BCUT2D eigenvalue weighted by Crippen LogP contribution is -2.18. The molecule has 1 aliphatic heterocycles. The third-order valence-corrected chi connectivity index (χ3v) is 4.39. The highest BCUT2D eigenvalue weighted by atomic mass is 16.6. The number of rotatable bonds is 3. The first-order chi connectivity index (χ1) is 12.5. The first-order valence-electron chi connectivity index (χ1n) is 8.06. The summed E-state index contributed by atoms with van der Waals surface area (Å²) in [5.74, 6) is 1.25. The minimum atomic E-state index is -0.451.